The van der Waals surface area contributed by atoms with Crippen molar-refractivity contribution in [3.8, 4) is 11.5 Å². The SMILES string of the molecule is CCCCNC(=O)c1cccc(C(=O)NCc2ccc(OC)c(OC)c2)n1. The molecule has 2 amide bonds. The monoisotopic (exact) mass is 371 g/mol. The number of carbonyl (C=O) groups excluding carboxylic acids is 2. The van der Waals surface area contributed by atoms with Gasteiger partial charge in [0.05, 0.1) is 14.2 Å². The van der Waals surface area contributed by atoms with Crippen molar-refractivity contribution in [2.24, 2.45) is 0 Å². The van der Waals surface area contributed by atoms with Crippen LogP contribution in [-0.4, -0.2) is 37.6 Å². The van der Waals surface area contributed by atoms with Gasteiger partial charge in [0, 0.05) is 13.1 Å². The van der Waals surface area contributed by atoms with Crippen LogP contribution in [0.15, 0.2) is 36.4 Å². The van der Waals surface area contributed by atoms with Gasteiger partial charge in [0.1, 0.15) is 11.4 Å². The molecule has 2 aromatic rings. The smallest absolute Gasteiger partial charge is 0.270 e. The summed E-state index contributed by atoms with van der Waals surface area (Å²) in [6.45, 7) is 2.94. The molecule has 0 aliphatic heterocycles. The van der Waals surface area contributed by atoms with Gasteiger partial charge in [0.25, 0.3) is 11.8 Å². The summed E-state index contributed by atoms with van der Waals surface area (Å²) >= 11 is 0. The normalized spacial score (nSPS) is 10.2. The van der Waals surface area contributed by atoms with Gasteiger partial charge in [-0.15, -0.1) is 0 Å². The summed E-state index contributed by atoms with van der Waals surface area (Å²) < 4.78 is 10.5. The van der Waals surface area contributed by atoms with Crippen molar-refractivity contribution in [1.82, 2.24) is 15.6 Å². The average Bonchev–Trinajstić information content (AvgIpc) is 2.71. The molecule has 0 spiro atoms. The first-order valence-electron chi connectivity index (χ1n) is 8.83. The highest BCUT2D eigenvalue weighted by atomic mass is 16.5. The maximum Gasteiger partial charge on any atom is 0.270 e. The lowest BCUT2D eigenvalue weighted by atomic mass is 10.2. The first kappa shape index (κ1) is 20.2. The van der Waals surface area contributed by atoms with Gasteiger partial charge in [-0.2, -0.15) is 0 Å². The number of ether oxygens (including phenoxy) is 2. The highest BCUT2D eigenvalue weighted by Crippen LogP contribution is 2.27. The Labute approximate surface area is 159 Å². The van der Waals surface area contributed by atoms with Crippen LogP contribution in [0.25, 0.3) is 0 Å². The predicted molar refractivity (Wildman–Crippen MR) is 102 cm³/mol. The van der Waals surface area contributed by atoms with Gasteiger partial charge in [0.2, 0.25) is 0 Å². The number of carbonyl (C=O) groups is 2. The van der Waals surface area contributed by atoms with Crippen LogP contribution in [-0.2, 0) is 6.54 Å². The third kappa shape index (κ3) is 5.70. The van der Waals surface area contributed by atoms with Gasteiger partial charge in [-0.1, -0.05) is 25.5 Å². The number of hydrogen-bond donors (Lipinski definition) is 2. The Hall–Kier alpha value is -3.09. The van der Waals surface area contributed by atoms with Gasteiger partial charge >= 0.3 is 0 Å². The minimum atomic E-state index is -0.354. The molecule has 2 rings (SSSR count). The molecule has 27 heavy (non-hydrogen) atoms. The van der Waals surface area contributed by atoms with E-state index in [0.29, 0.717) is 24.6 Å². The summed E-state index contributed by atoms with van der Waals surface area (Å²) in [5.74, 6) is 0.579. The van der Waals surface area contributed by atoms with Crippen LogP contribution in [0.1, 0.15) is 46.3 Å². The molecule has 7 heteroatoms. The van der Waals surface area contributed by atoms with E-state index in [0.717, 1.165) is 18.4 Å². The van der Waals surface area contributed by atoms with Crippen molar-refractivity contribution in [3.05, 3.63) is 53.3 Å². The second-order valence-electron chi connectivity index (χ2n) is 5.89. The Morgan fingerprint density at radius 3 is 2.26 bits per heavy atom. The fourth-order valence-corrected chi connectivity index (χ4v) is 2.42. The molecule has 0 aliphatic carbocycles. The molecule has 0 saturated heterocycles. The highest BCUT2D eigenvalue weighted by Gasteiger charge is 2.12. The second-order valence-corrected chi connectivity index (χ2v) is 5.89. The highest BCUT2D eigenvalue weighted by molar-refractivity contribution is 5.96. The summed E-state index contributed by atoms with van der Waals surface area (Å²) in [5, 5.41) is 5.58. The summed E-state index contributed by atoms with van der Waals surface area (Å²) in [5.41, 5.74) is 1.28. The second kappa shape index (κ2) is 10.2. The van der Waals surface area contributed by atoms with Crippen molar-refractivity contribution in [1.29, 1.82) is 0 Å². The summed E-state index contributed by atoms with van der Waals surface area (Å²) in [6.07, 6.45) is 1.89. The van der Waals surface area contributed by atoms with E-state index in [9.17, 15) is 9.59 Å². The molecule has 0 aliphatic rings. The van der Waals surface area contributed by atoms with Crippen LogP contribution in [0.5, 0.6) is 11.5 Å². The van der Waals surface area contributed by atoms with Crippen molar-refractivity contribution >= 4 is 11.8 Å². The van der Waals surface area contributed by atoms with Gasteiger partial charge in [-0.25, -0.2) is 4.98 Å². The van der Waals surface area contributed by atoms with E-state index in [1.54, 1.807) is 44.6 Å². The average molecular weight is 371 g/mol. The third-order valence-electron chi connectivity index (χ3n) is 3.93. The van der Waals surface area contributed by atoms with E-state index < -0.39 is 0 Å². The number of nitrogens with one attached hydrogen (secondary N) is 2. The number of amides is 2. The summed E-state index contributed by atoms with van der Waals surface area (Å²) in [7, 11) is 3.12. The molecule has 7 nitrogen and oxygen atoms in total. The van der Waals surface area contributed by atoms with Gasteiger partial charge in [-0.3, -0.25) is 9.59 Å². The van der Waals surface area contributed by atoms with E-state index in [1.165, 1.54) is 0 Å². The number of methoxy groups -OCH3 is 2. The molecule has 2 N–H and O–H groups in total. The van der Waals surface area contributed by atoms with E-state index in [-0.39, 0.29) is 23.2 Å². The Bertz CT molecular complexity index is 793. The van der Waals surface area contributed by atoms with Crippen LogP contribution in [0, 0.1) is 0 Å². The van der Waals surface area contributed by atoms with Crippen LogP contribution >= 0.6 is 0 Å². The molecular formula is C20H25N3O4. The molecule has 1 heterocycles. The Balaban J connectivity index is 2.00. The Kier molecular flexibility index (Phi) is 7.61. The zero-order valence-electron chi connectivity index (χ0n) is 15.9. The van der Waals surface area contributed by atoms with Crippen LogP contribution in [0.2, 0.25) is 0 Å². The molecule has 1 aromatic carbocycles. The van der Waals surface area contributed by atoms with Gasteiger partial charge < -0.3 is 20.1 Å². The number of aromatic nitrogens is 1. The molecule has 0 unspecified atom stereocenters. The molecular weight excluding hydrogens is 346 g/mol. The fourth-order valence-electron chi connectivity index (χ4n) is 2.42. The maximum absolute atomic E-state index is 12.4. The van der Waals surface area contributed by atoms with Crippen molar-refractivity contribution in [2.75, 3.05) is 20.8 Å². The van der Waals surface area contributed by atoms with Crippen LogP contribution < -0.4 is 20.1 Å². The zero-order valence-corrected chi connectivity index (χ0v) is 15.9. The Morgan fingerprint density at radius 1 is 0.963 bits per heavy atom. The number of rotatable bonds is 9. The maximum atomic E-state index is 12.4. The first-order valence-corrected chi connectivity index (χ1v) is 8.83. The molecule has 0 bridgehead atoms. The van der Waals surface area contributed by atoms with E-state index in [4.69, 9.17) is 9.47 Å². The number of benzene rings is 1. The molecule has 0 saturated carbocycles. The van der Waals surface area contributed by atoms with Crippen LogP contribution in [0.3, 0.4) is 0 Å². The molecule has 0 atom stereocenters. The quantitative estimate of drug-likeness (QED) is 0.661. The topological polar surface area (TPSA) is 89.6 Å². The van der Waals surface area contributed by atoms with Crippen molar-refractivity contribution in [3.63, 3.8) is 0 Å². The van der Waals surface area contributed by atoms with Crippen LogP contribution in [0.4, 0.5) is 0 Å². The number of hydrogen-bond acceptors (Lipinski definition) is 5. The van der Waals surface area contributed by atoms with E-state index in [2.05, 4.69) is 15.6 Å². The number of nitrogens with zero attached hydrogens (tertiary/aromatic N) is 1. The minimum Gasteiger partial charge on any atom is -0.493 e. The number of unbranched alkanes of at least 4 members (excludes halogenated alkanes) is 1. The zero-order chi connectivity index (χ0) is 19.6. The predicted octanol–water partition coefficient (Wildman–Crippen LogP) is 2.56. The lowest BCUT2D eigenvalue weighted by Crippen LogP contribution is -2.28. The summed E-state index contributed by atoms with van der Waals surface area (Å²) in [4.78, 5) is 28.6. The first-order chi connectivity index (χ1) is 13.1. The standard InChI is InChI=1S/C20H25N3O4/c1-4-5-11-21-19(24)15-7-6-8-16(23-15)20(25)22-13-14-9-10-17(26-2)18(12-14)27-3/h6-10,12H,4-5,11,13H2,1-3H3,(H,21,24)(H,22,25). The van der Waals surface area contributed by atoms with Crippen molar-refractivity contribution in [2.45, 2.75) is 26.3 Å². The molecule has 1 aromatic heterocycles. The number of pyridine rings is 1. The molecule has 0 fully saturated rings. The third-order valence-corrected chi connectivity index (χ3v) is 3.93. The van der Waals surface area contributed by atoms with Gasteiger partial charge in [0.15, 0.2) is 11.5 Å². The van der Waals surface area contributed by atoms with Crippen molar-refractivity contribution < 1.29 is 19.1 Å². The van der Waals surface area contributed by atoms with E-state index in [1.807, 2.05) is 13.0 Å². The fraction of sp³-hybridized carbons (Fsp3) is 0.350. The molecule has 144 valence electrons. The summed E-state index contributed by atoms with van der Waals surface area (Å²) in [6, 6.07) is 10.2. The minimum absolute atomic E-state index is 0.193. The van der Waals surface area contributed by atoms with Gasteiger partial charge in [-0.05, 0) is 36.2 Å². The molecule has 0 radical (unpaired) electrons. The Morgan fingerprint density at radius 2 is 1.63 bits per heavy atom. The van der Waals surface area contributed by atoms with E-state index >= 15 is 0 Å². The lowest BCUT2D eigenvalue weighted by molar-refractivity contribution is 0.0942. The largest absolute Gasteiger partial charge is 0.493 e. The lowest BCUT2D eigenvalue weighted by Gasteiger charge is -2.10.